The summed E-state index contributed by atoms with van der Waals surface area (Å²) in [4.78, 5) is 25.8. The Morgan fingerprint density at radius 1 is 1.20 bits per heavy atom. The minimum atomic E-state index is -1.10. The van der Waals surface area contributed by atoms with Gasteiger partial charge in [-0.25, -0.2) is 4.79 Å². The maximum absolute atomic E-state index is 12.8. The van der Waals surface area contributed by atoms with Crippen LogP contribution in [0, 0.1) is 0 Å². The first kappa shape index (κ1) is 16.0. The summed E-state index contributed by atoms with van der Waals surface area (Å²) in [5.41, 5.74) is 1.42. The molecular formula is C18H15BrN2O4. The number of nitrogens with zero attached hydrogens (tertiary/aromatic N) is 1. The van der Waals surface area contributed by atoms with E-state index in [1.807, 2.05) is 36.4 Å². The molecule has 1 saturated heterocycles. The van der Waals surface area contributed by atoms with Crippen LogP contribution in [0.25, 0.3) is 0 Å². The number of nitrogens with one attached hydrogen (secondary N) is 1. The molecule has 2 aromatic rings. The Balaban J connectivity index is 1.96. The number of carbonyl (C=O) groups is 2. The van der Waals surface area contributed by atoms with Gasteiger partial charge < -0.3 is 15.2 Å². The second kappa shape index (κ2) is 6.07. The number of amides is 2. The Hall–Kier alpha value is -2.54. The highest BCUT2D eigenvalue weighted by atomic mass is 79.9. The Kier molecular flexibility index (Phi) is 3.88. The van der Waals surface area contributed by atoms with E-state index in [2.05, 4.69) is 21.2 Å². The van der Waals surface area contributed by atoms with Crippen LogP contribution in [0.3, 0.4) is 0 Å². The number of piperidine rings is 1. The normalized spacial score (nSPS) is 21.3. The average Bonchev–Trinajstić information content (AvgIpc) is 2.73. The quantitative estimate of drug-likeness (QED) is 0.753. The van der Waals surface area contributed by atoms with Crippen molar-refractivity contribution in [1.29, 1.82) is 0 Å². The van der Waals surface area contributed by atoms with Gasteiger partial charge in [0, 0.05) is 16.5 Å². The van der Waals surface area contributed by atoms with Crippen LogP contribution in [0.15, 0.2) is 46.9 Å². The summed E-state index contributed by atoms with van der Waals surface area (Å²) in [5, 5.41) is 11.8. The molecule has 0 aromatic heterocycles. The van der Waals surface area contributed by atoms with E-state index in [9.17, 15) is 14.7 Å². The summed E-state index contributed by atoms with van der Waals surface area (Å²) in [5.74, 6) is 1.14. The van der Waals surface area contributed by atoms with Gasteiger partial charge in [0.25, 0.3) is 0 Å². The first-order chi connectivity index (χ1) is 12.1. The first-order valence-electron chi connectivity index (χ1n) is 7.93. The zero-order valence-corrected chi connectivity index (χ0v) is 14.7. The predicted octanol–water partition coefficient (Wildman–Crippen LogP) is 4.06. The van der Waals surface area contributed by atoms with E-state index in [-0.39, 0.29) is 12.3 Å². The molecule has 2 aliphatic heterocycles. The maximum atomic E-state index is 12.8. The fraction of sp³-hybridized carbons (Fsp3) is 0.222. The van der Waals surface area contributed by atoms with Gasteiger partial charge >= 0.3 is 6.09 Å². The summed E-state index contributed by atoms with van der Waals surface area (Å²) in [6.45, 7) is 0. The number of rotatable bonds is 1. The Morgan fingerprint density at radius 3 is 2.76 bits per heavy atom. The van der Waals surface area contributed by atoms with Gasteiger partial charge in [0.15, 0.2) is 5.75 Å². The fourth-order valence-electron chi connectivity index (χ4n) is 3.57. The summed E-state index contributed by atoms with van der Waals surface area (Å²) in [6, 6.07) is 12.0. The summed E-state index contributed by atoms with van der Waals surface area (Å²) in [7, 11) is 0. The van der Waals surface area contributed by atoms with Crippen molar-refractivity contribution in [2.75, 3.05) is 4.90 Å². The minimum absolute atomic E-state index is 0.0538. The monoisotopic (exact) mass is 402 g/mol. The van der Waals surface area contributed by atoms with Gasteiger partial charge in [-0.05, 0) is 40.5 Å². The van der Waals surface area contributed by atoms with Crippen molar-refractivity contribution in [3.05, 3.63) is 52.5 Å². The molecule has 2 aliphatic rings. The standard InChI is InChI=1S/C18H15BrN2O4/c19-11-5-3-7-14-17(11)21-15(22)9-8-12(20-18(23)24)16(21)10-4-1-2-6-13(10)25-14/h1-7,12,16,20H,8-9H2,(H,23,24)/t12-,16-/m1/s1. The van der Waals surface area contributed by atoms with Gasteiger partial charge in [-0.2, -0.15) is 0 Å². The van der Waals surface area contributed by atoms with Crippen molar-refractivity contribution in [2.24, 2.45) is 0 Å². The van der Waals surface area contributed by atoms with Crippen LogP contribution < -0.4 is 15.0 Å². The van der Waals surface area contributed by atoms with Crippen LogP contribution in [0.2, 0.25) is 0 Å². The number of hydrogen-bond donors (Lipinski definition) is 2. The first-order valence-corrected chi connectivity index (χ1v) is 8.72. The van der Waals surface area contributed by atoms with Gasteiger partial charge in [0.1, 0.15) is 11.4 Å². The third kappa shape index (κ3) is 2.64. The molecule has 25 heavy (non-hydrogen) atoms. The second-order valence-corrected chi connectivity index (χ2v) is 6.88. The van der Waals surface area contributed by atoms with Crippen LogP contribution in [-0.2, 0) is 4.79 Å². The Morgan fingerprint density at radius 2 is 1.96 bits per heavy atom. The number of para-hydroxylation sites is 2. The lowest BCUT2D eigenvalue weighted by Crippen LogP contribution is -2.52. The SMILES string of the molecule is O=C(O)N[C@@H]1CCC(=O)N2c3c(Br)cccc3Oc3ccccc3[C@H]12. The van der Waals surface area contributed by atoms with E-state index in [1.54, 1.807) is 11.0 Å². The molecule has 0 bridgehead atoms. The van der Waals surface area contributed by atoms with Crippen molar-refractivity contribution in [3.63, 3.8) is 0 Å². The molecule has 2 heterocycles. The second-order valence-electron chi connectivity index (χ2n) is 6.03. The molecule has 2 amide bonds. The molecule has 128 valence electrons. The van der Waals surface area contributed by atoms with Crippen molar-refractivity contribution in [2.45, 2.75) is 24.9 Å². The number of ether oxygens (including phenoxy) is 1. The lowest BCUT2D eigenvalue weighted by atomic mass is 9.89. The molecule has 1 fully saturated rings. The molecule has 0 saturated carbocycles. The number of carboxylic acid groups (broad SMARTS) is 1. The third-order valence-electron chi connectivity index (χ3n) is 4.55. The topological polar surface area (TPSA) is 78.9 Å². The van der Waals surface area contributed by atoms with E-state index in [1.165, 1.54) is 0 Å². The van der Waals surface area contributed by atoms with Crippen molar-refractivity contribution < 1.29 is 19.4 Å². The van der Waals surface area contributed by atoms with Crippen molar-refractivity contribution in [3.8, 4) is 11.5 Å². The van der Waals surface area contributed by atoms with E-state index in [0.717, 1.165) is 10.0 Å². The lowest BCUT2D eigenvalue weighted by molar-refractivity contribution is -0.120. The average molecular weight is 403 g/mol. The van der Waals surface area contributed by atoms with Gasteiger partial charge in [-0.3, -0.25) is 9.69 Å². The van der Waals surface area contributed by atoms with Crippen LogP contribution in [-0.4, -0.2) is 23.1 Å². The highest BCUT2D eigenvalue weighted by Gasteiger charge is 2.43. The molecule has 4 rings (SSSR count). The maximum Gasteiger partial charge on any atom is 0.404 e. The molecule has 2 atom stereocenters. The summed E-state index contributed by atoms with van der Waals surface area (Å²) >= 11 is 3.51. The predicted molar refractivity (Wildman–Crippen MR) is 95.1 cm³/mol. The minimum Gasteiger partial charge on any atom is -0.465 e. The van der Waals surface area contributed by atoms with Crippen molar-refractivity contribution >= 4 is 33.6 Å². The van der Waals surface area contributed by atoms with Crippen LogP contribution in [0.5, 0.6) is 11.5 Å². The molecule has 7 heteroatoms. The van der Waals surface area contributed by atoms with Gasteiger partial charge in [-0.15, -0.1) is 0 Å². The molecule has 6 nitrogen and oxygen atoms in total. The van der Waals surface area contributed by atoms with E-state index in [4.69, 9.17) is 4.74 Å². The number of benzene rings is 2. The number of hydrogen-bond acceptors (Lipinski definition) is 3. The third-order valence-corrected chi connectivity index (χ3v) is 5.19. The zero-order valence-electron chi connectivity index (χ0n) is 13.1. The number of halogens is 1. The smallest absolute Gasteiger partial charge is 0.404 e. The van der Waals surface area contributed by atoms with Gasteiger partial charge in [-0.1, -0.05) is 24.3 Å². The highest BCUT2D eigenvalue weighted by molar-refractivity contribution is 9.10. The van der Waals surface area contributed by atoms with Crippen molar-refractivity contribution in [1.82, 2.24) is 5.32 Å². The highest BCUT2D eigenvalue weighted by Crippen LogP contribution is 2.50. The summed E-state index contributed by atoms with van der Waals surface area (Å²) < 4.78 is 6.81. The van der Waals surface area contributed by atoms with Gasteiger partial charge in [0.05, 0.1) is 12.1 Å². The Bertz CT molecular complexity index is 870. The van der Waals surface area contributed by atoms with E-state index in [0.29, 0.717) is 23.6 Å². The number of carbonyl (C=O) groups excluding carboxylic acids is 1. The Labute approximate surface area is 152 Å². The molecule has 2 aromatic carbocycles. The molecular weight excluding hydrogens is 388 g/mol. The lowest BCUT2D eigenvalue weighted by Gasteiger charge is -2.40. The number of anilines is 1. The largest absolute Gasteiger partial charge is 0.465 e. The van der Waals surface area contributed by atoms with E-state index >= 15 is 0 Å². The van der Waals surface area contributed by atoms with Crippen LogP contribution >= 0.6 is 15.9 Å². The molecule has 0 unspecified atom stereocenters. The molecule has 0 radical (unpaired) electrons. The van der Waals surface area contributed by atoms with Gasteiger partial charge in [0.2, 0.25) is 5.91 Å². The van der Waals surface area contributed by atoms with Crippen LogP contribution in [0.1, 0.15) is 24.4 Å². The molecule has 2 N–H and O–H groups in total. The number of fused-ring (bicyclic) bond motifs is 5. The zero-order chi connectivity index (χ0) is 17.6. The van der Waals surface area contributed by atoms with E-state index < -0.39 is 18.2 Å². The molecule has 0 spiro atoms. The van der Waals surface area contributed by atoms with Crippen LogP contribution in [0.4, 0.5) is 10.5 Å². The molecule has 0 aliphatic carbocycles. The summed E-state index contributed by atoms with van der Waals surface area (Å²) in [6.07, 6.45) is -0.389. The fourth-order valence-corrected chi connectivity index (χ4v) is 4.11.